The van der Waals surface area contributed by atoms with Gasteiger partial charge < -0.3 is 29.2 Å². The van der Waals surface area contributed by atoms with Crippen molar-refractivity contribution < 1.29 is 19.3 Å². The summed E-state index contributed by atoms with van der Waals surface area (Å²) >= 11 is 0. The molecule has 0 bridgehead atoms. The lowest BCUT2D eigenvalue weighted by Gasteiger charge is -2.14. The Morgan fingerprint density at radius 3 is 2.69 bits per heavy atom. The highest BCUT2D eigenvalue weighted by atomic mass is 16.7. The molecule has 1 aliphatic heterocycles. The molecular formula is C23H22N2O4. The van der Waals surface area contributed by atoms with Crippen molar-refractivity contribution in [3.8, 4) is 34.3 Å². The number of aromatic nitrogens is 1. The van der Waals surface area contributed by atoms with Crippen LogP contribution in [0.1, 0.15) is 0 Å². The van der Waals surface area contributed by atoms with Crippen LogP contribution in [0.4, 0.5) is 0 Å². The molecule has 2 N–H and O–H groups in total. The zero-order valence-corrected chi connectivity index (χ0v) is 16.4. The minimum atomic E-state index is 0.157. The molecule has 0 spiro atoms. The first kappa shape index (κ1) is 17.7. The molecule has 0 radical (unpaired) electrons. The largest absolute Gasteiger partial charge is 0.494 e. The van der Waals surface area contributed by atoms with Crippen LogP contribution in [0.2, 0.25) is 0 Å². The maximum atomic E-state index is 10.3. The van der Waals surface area contributed by atoms with E-state index in [0.717, 1.165) is 56.5 Å². The van der Waals surface area contributed by atoms with Crippen molar-refractivity contribution >= 4 is 21.5 Å². The van der Waals surface area contributed by atoms with E-state index in [4.69, 9.17) is 14.2 Å². The molecule has 0 aliphatic carbocycles. The van der Waals surface area contributed by atoms with Gasteiger partial charge in [0.15, 0.2) is 17.4 Å². The number of ether oxygens (including phenoxy) is 3. The molecule has 5 rings (SSSR count). The third-order valence-corrected chi connectivity index (χ3v) is 5.24. The third-order valence-electron chi connectivity index (χ3n) is 5.24. The summed E-state index contributed by atoms with van der Waals surface area (Å²) in [7, 11) is 4.05. The van der Waals surface area contributed by atoms with Crippen LogP contribution in [0.25, 0.3) is 32.7 Å². The molecule has 0 atom stereocenters. The van der Waals surface area contributed by atoms with Crippen molar-refractivity contribution in [2.24, 2.45) is 0 Å². The van der Waals surface area contributed by atoms with Gasteiger partial charge in [-0.1, -0.05) is 18.2 Å². The number of H-pyrrole nitrogens is 1. The smallest absolute Gasteiger partial charge is 0.231 e. The molecule has 0 amide bonds. The summed E-state index contributed by atoms with van der Waals surface area (Å²) < 4.78 is 17.2. The zero-order valence-electron chi connectivity index (χ0n) is 16.4. The molecule has 148 valence electrons. The molecule has 29 heavy (non-hydrogen) atoms. The number of benzene rings is 3. The number of likely N-dealkylation sites (N-methyl/N-ethyl adjacent to an activating group) is 1. The first-order valence-electron chi connectivity index (χ1n) is 9.55. The molecule has 0 fully saturated rings. The van der Waals surface area contributed by atoms with Crippen molar-refractivity contribution in [3.05, 3.63) is 48.7 Å². The van der Waals surface area contributed by atoms with Crippen LogP contribution in [0.3, 0.4) is 0 Å². The molecule has 0 saturated heterocycles. The highest BCUT2D eigenvalue weighted by molar-refractivity contribution is 6.16. The van der Waals surface area contributed by atoms with Gasteiger partial charge >= 0.3 is 0 Å². The number of hydrogen-bond acceptors (Lipinski definition) is 5. The van der Waals surface area contributed by atoms with Crippen LogP contribution in [0.5, 0.6) is 23.1 Å². The van der Waals surface area contributed by atoms with Crippen molar-refractivity contribution in [1.29, 1.82) is 0 Å². The van der Waals surface area contributed by atoms with Crippen molar-refractivity contribution in [3.63, 3.8) is 0 Å². The van der Waals surface area contributed by atoms with Crippen LogP contribution < -0.4 is 14.2 Å². The Balaban J connectivity index is 1.65. The normalized spacial score (nSPS) is 12.9. The van der Waals surface area contributed by atoms with Crippen LogP contribution in [-0.2, 0) is 0 Å². The van der Waals surface area contributed by atoms with Crippen molar-refractivity contribution in [1.82, 2.24) is 9.88 Å². The third kappa shape index (κ3) is 3.02. The summed E-state index contributed by atoms with van der Waals surface area (Å²) in [5.41, 5.74) is 2.01. The molecule has 2 heterocycles. The molecule has 0 saturated carbocycles. The second-order valence-corrected chi connectivity index (χ2v) is 7.42. The van der Waals surface area contributed by atoms with E-state index < -0.39 is 0 Å². The van der Waals surface area contributed by atoms with Gasteiger partial charge in [-0.3, -0.25) is 0 Å². The standard InChI is InChI=1S/C23H22N2O4/c1-25(2)9-10-27-16-6-3-14(4-7-16)20-18-12-24-23(26)17(18)11-15-5-8-19-22(21(15)20)29-13-28-19/h3-8,11-12,24,26H,9-10,13H2,1-2H3. The number of aromatic amines is 1. The van der Waals surface area contributed by atoms with Gasteiger partial charge in [0.25, 0.3) is 0 Å². The Kier molecular flexibility index (Phi) is 4.21. The quantitative estimate of drug-likeness (QED) is 0.530. The average Bonchev–Trinajstić information content (AvgIpc) is 3.34. The highest BCUT2D eigenvalue weighted by Gasteiger charge is 2.22. The Morgan fingerprint density at radius 2 is 1.90 bits per heavy atom. The molecule has 6 nitrogen and oxygen atoms in total. The van der Waals surface area contributed by atoms with Gasteiger partial charge in [0, 0.05) is 34.5 Å². The summed E-state index contributed by atoms with van der Waals surface area (Å²) in [4.78, 5) is 5.02. The molecular weight excluding hydrogens is 368 g/mol. The number of fused-ring (bicyclic) bond motifs is 4. The number of rotatable bonds is 5. The number of hydrogen-bond donors (Lipinski definition) is 2. The molecule has 0 unspecified atom stereocenters. The van der Waals surface area contributed by atoms with E-state index in [1.54, 1.807) is 0 Å². The predicted octanol–water partition coefficient (Wildman–Crippen LogP) is 4.36. The lowest BCUT2D eigenvalue weighted by atomic mass is 9.93. The predicted molar refractivity (Wildman–Crippen MR) is 113 cm³/mol. The number of nitrogens with one attached hydrogen (secondary N) is 1. The van der Waals surface area contributed by atoms with E-state index in [9.17, 15) is 5.11 Å². The van der Waals surface area contributed by atoms with Crippen LogP contribution >= 0.6 is 0 Å². The van der Waals surface area contributed by atoms with Crippen molar-refractivity contribution in [2.45, 2.75) is 0 Å². The zero-order chi connectivity index (χ0) is 20.0. The fourth-order valence-electron chi connectivity index (χ4n) is 3.80. The van der Waals surface area contributed by atoms with Gasteiger partial charge in [0.2, 0.25) is 6.79 Å². The Bertz CT molecular complexity index is 1200. The Labute approximate surface area is 168 Å². The fraction of sp³-hybridized carbons (Fsp3) is 0.217. The summed E-state index contributed by atoms with van der Waals surface area (Å²) in [6.45, 7) is 1.70. The van der Waals surface area contributed by atoms with Crippen molar-refractivity contribution in [2.75, 3.05) is 34.0 Å². The summed E-state index contributed by atoms with van der Waals surface area (Å²) in [5, 5.41) is 14.0. The summed E-state index contributed by atoms with van der Waals surface area (Å²) in [6.07, 6.45) is 1.83. The topological polar surface area (TPSA) is 67.0 Å². The Morgan fingerprint density at radius 1 is 1.07 bits per heavy atom. The minimum absolute atomic E-state index is 0.157. The van der Waals surface area contributed by atoms with Crippen LogP contribution in [0, 0.1) is 0 Å². The number of aromatic hydroxyl groups is 1. The van der Waals surface area contributed by atoms with E-state index in [0.29, 0.717) is 6.61 Å². The monoisotopic (exact) mass is 390 g/mol. The molecule has 1 aromatic heterocycles. The van der Waals surface area contributed by atoms with E-state index in [1.165, 1.54) is 0 Å². The minimum Gasteiger partial charge on any atom is -0.494 e. The molecule has 3 aromatic carbocycles. The van der Waals surface area contributed by atoms with E-state index in [-0.39, 0.29) is 12.7 Å². The Hall–Kier alpha value is -3.38. The van der Waals surface area contributed by atoms with Crippen LogP contribution in [-0.4, -0.2) is 49.0 Å². The summed E-state index contributed by atoms with van der Waals surface area (Å²) in [5.74, 6) is 2.46. The van der Waals surface area contributed by atoms with Gasteiger partial charge in [-0.05, 0) is 49.3 Å². The average molecular weight is 390 g/mol. The highest BCUT2D eigenvalue weighted by Crippen LogP contribution is 2.48. The SMILES string of the molecule is CN(C)CCOc1ccc(-c2c3c[nH]c(O)c3cc3ccc4c(c23)OCO4)cc1. The second-order valence-electron chi connectivity index (χ2n) is 7.42. The number of nitrogens with zero attached hydrogens (tertiary/aromatic N) is 1. The lowest BCUT2D eigenvalue weighted by molar-refractivity contribution is 0.175. The first-order valence-corrected chi connectivity index (χ1v) is 9.55. The first-order chi connectivity index (χ1) is 14.1. The van der Waals surface area contributed by atoms with E-state index >= 15 is 0 Å². The fourth-order valence-corrected chi connectivity index (χ4v) is 3.80. The van der Waals surface area contributed by atoms with Gasteiger partial charge in [-0.15, -0.1) is 0 Å². The maximum absolute atomic E-state index is 10.3. The lowest BCUT2D eigenvalue weighted by Crippen LogP contribution is -2.19. The van der Waals surface area contributed by atoms with Gasteiger partial charge in [0.1, 0.15) is 12.4 Å². The van der Waals surface area contributed by atoms with Gasteiger partial charge in [-0.2, -0.15) is 0 Å². The van der Waals surface area contributed by atoms with E-state index in [1.807, 2.05) is 62.8 Å². The second kappa shape index (κ2) is 6.90. The molecule has 6 heteroatoms. The molecule has 4 aromatic rings. The van der Waals surface area contributed by atoms with E-state index in [2.05, 4.69) is 9.88 Å². The molecule has 1 aliphatic rings. The maximum Gasteiger partial charge on any atom is 0.231 e. The van der Waals surface area contributed by atoms with Gasteiger partial charge in [-0.25, -0.2) is 0 Å². The summed E-state index contributed by atoms with van der Waals surface area (Å²) in [6, 6.07) is 13.9. The van der Waals surface area contributed by atoms with Crippen LogP contribution in [0.15, 0.2) is 48.7 Å². The van der Waals surface area contributed by atoms with Gasteiger partial charge in [0.05, 0.1) is 0 Å².